The van der Waals surface area contributed by atoms with Gasteiger partial charge in [-0.15, -0.1) is 0 Å². The second kappa shape index (κ2) is 3.82. The van der Waals surface area contributed by atoms with Gasteiger partial charge in [-0.1, -0.05) is 0 Å². The first kappa shape index (κ1) is 7.87. The highest BCUT2D eigenvalue weighted by molar-refractivity contribution is 5.64. The number of hydrogen-bond donors (Lipinski definition) is 1. The van der Waals surface area contributed by atoms with E-state index < -0.39 is 18.8 Å². The third kappa shape index (κ3) is 6.87. The fourth-order valence-corrected chi connectivity index (χ4v) is 0.187. The molecule has 0 bridgehead atoms. The van der Waals surface area contributed by atoms with Crippen LogP contribution in [0.25, 0.3) is 0 Å². The maximum Gasteiger partial charge on any atom is 0.404 e. The van der Waals surface area contributed by atoms with E-state index in [-0.39, 0.29) is 0 Å². The predicted molar refractivity (Wildman–Crippen MR) is 25.8 cm³/mol. The van der Waals surface area contributed by atoms with Crippen LogP contribution in [-0.2, 0) is 4.74 Å². The molecule has 0 radical (unpaired) electrons. The van der Waals surface area contributed by atoms with Crippen molar-refractivity contribution in [1.29, 1.82) is 0 Å². The van der Waals surface area contributed by atoms with E-state index in [2.05, 4.69) is 10.5 Å². The minimum absolute atomic E-state index is 0.449. The molecule has 0 aromatic carbocycles. The van der Waals surface area contributed by atoms with E-state index in [1.54, 1.807) is 0 Å². The van der Waals surface area contributed by atoms with Gasteiger partial charge in [-0.25, -0.2) is 4.79 Å². The summed E-state index contributed by atoms with van der Waals surface area (Å²) in [6.07, 6.45) is -2.51. The van der Waals surface area contributed by atoms with Crippen LogP contribution >= 0.6 is 0 Å². The normalized spacial score (nSPS) is 8.22. The van der Waals surface area contributed by atoms with Crippen molar-refractivity contribution in [1.82, 2.24) is 0 Å². The predicted octanol–water partition coefficient (Wildman–Crippen LogP) is 0.862. The van der Waals surface area contributed by atoms with Crippen molar-refractivity contribution in [3.05, 3.63) is 12.2 Å². The summed E-state index contributed by atoms with van der Waals surface area (Å²) in [4.78, 5) is 9.71. The van der Waals surface area contributed by atoms with Crippen LogP contribution < -0.4 is 5.73 Å². The molecular formula is C4H5F2NO2. The van der Waals surface area contributed by atoms with Gasteiger partial charge >= 0.3 is 6.09 Å². The number of hydrogen-bond acceptors (Lipinski definition) is 2. The van der Waals surface area contributed by atoms with Gasteiger partial charge in [0.25, 0.3) is 6.08 Å². The maximum atomic E-state index is 11.1. The van der Waals surface area contributed by atoms with E-state index in [4.69, 9.17) is 0 Å². The second-order valence-corrected chi connectivity index (χ2v) is 1.12. The lowest BCUT2D eigenvalue weighted by molar-refractivity contribution is 0.168. The molecule has 5 heteroatoms. The third-order valence-corrected chi connectivity index (χ3v) is 0.463. The van der Waals surface area contributed by atoms with Crippen molar-refractivity contribution < 1.29 is 18.3 Å². The minimum Gasteiger partial charge on any atom is -0.445 e. The smallest absolute Gasteiger partial charge is 0.404 e. The molecule has 2 N–H and O–H groups in total. The van der Waals surface area contributed by atoms with Crippen LogP contribution in [0, 0.1) is 0 Å². The van der Waals surface area contributed by atoms with Crippen LogP contribution in [0.4, 0.5) is 13.6 Å². The van der Waals surface area contributed by atoms with Crippen molar-refractivity contribution in [2.24, 2.45) is 5.73 Å². The first-order chi connectivity index (χ1) is 4.13. The number of nitrogens with two attached hydrogens (primary N) is 1. The molecule has 0 aliphatic rings. The van der Waals surface area contributed by atoms with Crippen molar-refractivity contribution in [2.75, 3.05) is 6.61 Å². The zero-order chi connectivity index (χ0) is 7.28. The van der Waals surface area contributed by atoms with Gasteiger partial charge in [-0.2, -0.15) is 8.78 Å². The van der Waals surface area contributed by atoms with Gasteiger partial charge in [0.2, 0.25) is 0 Å². The molecule has 9 heavy (non-hydrogen) atoms. The van der Waals surface area contributed by atoms with Gasteiger partial charge in [0.1, 0.15) is 6.61 Å². The quantitative estimate of drug-likeness (QED) is 0.613. The zero-order valence-corrected chi connectivity index (χ0v) is 4.43. The van der Waals surface area contributed by atoms with Gasteiger partial charge < -0.3 is 10.5 Å². The van der Waals surface area contributed by atoms with Crippen molar-refractivity contribution >= 4 is 6.09 Å². The zero-order valence-electron chi connectivity index (χ0n) is 4.43. The molecule has 3 nitrogen and oxygen atoms in total. The summed E-state index contributed by atoms with van der Waals surface area (Å²) >= 11 is 0. The van der Waals surface area contributed by atoms with Gasteiger partial charge in [-0.05, 0) is 0 Å². The van der Waals surface area contributed by atoms with Gasteiger partial charge in [0.15, 0.2) is 0 Å². The lowest BCUT2D eigenvalue weighted by atomic mass is 10.7. The molecule has 0 heterocycles. The van der Waals surface area contributed by atoms with Crippen molar-refractivity contribution in [2.45, 2.75) is 0 Å². The lowest BCUT2D eigenvalue weighted by Crippen LogP contribution is -2.12. The Morgan fingerprint density at radius 2 is 2.22 bits per heavy atom. The molecule has 0 saturated carbocycles. The molecule has 0 unspecified atom stereocenters. The SMILES string of the molecule is NC(=O)OCC=C(F)F. The summed E-state index contributed by atoms with van der Waals surface area (Å²) in [5.41, 5.74) is 4.44. The van der Waals surface area contributed by atoms with Crippen molar-refractivity contribution in [3.63, 3.8) is 0 Å². The molecule has 52 valence electrons. The highest BCUT2D eigenvalue weighted by Gasteiger charge is 1.90. The van der Waals surface area contributed by atoms with E-state index >= 15 is 0 Å². The summed E-state index contributed by atoms with van der Waals surface area (Å²) in [6.45, 7) is -0.475. The number of carbonyl (C=O) groups excluding carboxylic acids is 1. The lowest BCUT2D eigenvalue weighted by Gasteiger charge is -1.91. The molecule has 0 aliphatic carbocycles. The number of halogens is 2. The summed E-state index contributed by atoms with van der Waals surface area (Å²) in [5, 5.41) is 0. The van der Waals surface area contributed by atoms with Crippen LogP contribution in [0.15, 0.2) is 12.2 Å². The first-order valence-electron chi connectivity index (χ1n) is 2.06. The Bertz CT molecular complexity index is 131. The van der Waals surface area contributed by atoms with E-state index in [1.165, 1.54) is 0 Å². The van der Waals surface area contributed by atoms with E-state index in [1.807, 2.05) is 0 Å². The Morgan fingerprint density at radius 1 is 1.67 bits per heavy atom. The van der Waals surface area contributed by atoms with Crippen LogP contribution in [0.1, 0.15) is 0 Å². The highest BCUT2D eigenvalue weighted by Crippen LogP contribution is 1.94. The topological polar surface area (TPSA) is 52.3 Å². The van der Waals surface area contributed by atoms with E-state index in [0.29, 0.717) is 6.08 Å². The Labute approximate surface area is 50.1 Å². The minimum atomic E-state index is -1.89. The van der Waals surface area contributed by atoms with Crippen LogP contribution in [-0.4, -0.2) is 12.7 Å². The first-order valence-corrected chi connectivity index (χ1v) is 2.06. The monoisotopic (exact) mass is 137 g/mol. The molecule has 0 spiro atoms. The molecule has 1 amide bonds. The molecule has 0 rings (SSSR count). The third-order valence-electron chi connectivity index (χ3n) is 0.463. The molecular weight excluding hydrogens is 132 g/mol. The summed E-state index contributed by atoms with van der Waals surface area (Å²) in [5.74, 6) is 0. The largest absolute Gasteiger partial charge is 0.445 e. The van der Waals surface area contributed by atoms with Gasteiger partial charge in [-0.3, -0.25) is 0 Å². The summed E-state index contributed by atoms with van der Waals surface area (Å²) in [7, 11) is 0. The van der Waals surface area contributed by atoms with E-state index in [0.717, 1.165) is 0 Å². The van der Waals surface area contributed by atoms with Crippen LogP contribution in [0.2, 0.25) is 0 Å². The Morgan fingerprint density at radius 3 is 2.56 bits per heavy atom. The number of carbonyl (C=O) groups is 1. The standard InChI is InChI=1S/C4H5F2NO2/c5-3(6)1-2-9-4(7)8/h1H,2H2,(H2,7,8). The molecule has 0 saturated heterocycles. The molecule has 0 fully saturated rings. The average Bonchev–Trinajstić information content (AvgIpc) is 1.63. The number of rotatable bonds is 2. The van der Waals surface area contributed by atoms with Gasteiger partial charge in [0, 0.05) is 6.08 Å². The Hall–Kier alpha value is -1.13. The molecule has 0 atom stereocenters. The molecule has 0 aromatic rings. The number of primary amides is 1. The Kier molecular flexibility index (Phi) is 3.34. The Balaban J connectivity index is 3.31. The van der Waals surface area contributed by atoms with Gasteiger partial charge in [0.05, 0.1) is 0 Å². The van der Waals surface area contributed by atoms with Crippen LogP contribution in [0.3, 0.4) is 0 Å². The summed E-state index contributed by atoms with van der Waals surface area (Å²) < 4.78 is 26.2. The number of amides is 1. The fourth-order valence-electron chi connectivity index (χ4n) is 0.187. The molecule has 0 aliphatic heterocycles. The van der Waals surface area contributed by atoms with E-state index in [9.17, 15) is 13.6 Å². The maximum absolute atomic E-state index is 11.1. The average molecular weight is 137 g/mol. The van der Waals surface area contributed by atoms with Crippen LogP contribution in [0.5, 0.6) is 0 Å². The highest BCUT2D eigenvalue weighted by atomic mass is 19.3. The summed E-state index contributed by atoms with van der Waals surface area (Å²) in [6, 6.07) is 0. The number of ether oxygens (including phenoxy) is 1. The van der Waals surface area contributed by atoms with Crippen molar-refractivity contribution in [3.8, 4) is 0 Å². The second-order valence-electron chi connectivity index (χ2n) is 1.12. The fraction of sp³-hybridized carbons (Fsp3) is 0.250. The molecule has 0 aromatic heterocycles.